The van der Waals surface area contributed by atoms with Gasteiger partial charge in [-0.2, -0.15) is 0 Å². The number of phenolic OH excluding ortho intramolecular Hbond substituents is 1. The second-order valence-corrected chi connectivity index (χ2v) is 6.21. The fraction of sp³-hybridized carbons (Fsp3) is 0.368. The van der Waals surface area contributed by atoms with E-state index in [0.29, 0.717) is 42.1 Å². The summed E-state index contributed by atoms with van der Waals surface area (Å²) in [5.41, 5.74) is 0.457. The molecule has 3 rings (SSSR count). The number of ether oxygens (including phenoxy) is 2. The molecule has 6 heteroatoms. The molecule has 0 fully saturated rings. The van der Waals surface area contributed by atoms with Crippen LogP contribution in [0.5, 0.6) is 11.5 Å². The van der Waals surface area contributed by atoms with Crippen molar-refractivity contribution >= 4 is 16.8 Å². The molecule has 1 aliphatic heterocycles. The van der Waals surface area contributed by atoms with E-state index in [4.69, 9.17) is 13.9 Å². The van der Waals surface area contributed by atoms with E-state index in [9.17, 15) is 14.7 Å². The Morgan fingerprint density at radius 1 is 1.28 bits per heavy atom. The largest absolute Gasteiger partial charge is 0.507 e. The number of benzene rings is 1. The van der Waals surface area contributed by atoms with E-state index in [0.717, 1.165) is 0 Å². The van der Waals surface area contributed by atoms with Crippen LogP contribution in [-0.2, 0) is 16.0 Å². The Balaban J connectivity index is 1.99. The van der Waals surface area contributed by atoms with Crippen LogP contribution in [0.15, 0.2) is 33.2 Å². The van der Waals surface area contributed by atoms with E-state index in [1.807, 2.05) is 6.92 Å². The lowest BCUT2D eigenvalue weighted by Gasteiger charge is -2.21. The van der Waals surface area contributed by atoms with Crippen molar-refractivity contribution in [3.8, 4) is 11.5 Å². The molecule has 1 aromatic carbocycles. The van der Waals surface area contributed by atoms with Gasteiger partial charge in [0.1, 0.15) is 40.1 Å². The first-order valence-corrected chi connectivity index (χ1v) is 8.12. The predicted molar refractivity (Wildman–Crippen MR) is 92.0 cm³/mol. The molecule has 0 spiro atoms. The van der Waals surface area contributed by atoms with Gasteiger partial charge in [-0.05, 0) is 20.3 Å². The zero-order valence-corrected chi connectivity index (χ0v) is 14.4. The highest BCUT2D eigenvalue weighted by molar-refractivity contribution is 5.91. The van der Waals surface area contributed by atoms with E-state index >= 15 is 0 Å². The van der Waals surface area contributed by atoms with Crippen LogP contribution >= 0.6 is 0 Å². The van der Waals surface area contributed by atoms with Crippen LogP contribution in [0.25, 0.3) is 11.0 Å². The molecule has 2 heterocycles. The van der Waals surface area contributed by atoms with Gasteiger partial charge in [0, 0.05) is 36.6 Å². The Hall–Kier alpha value is -2.76. The summed E-state index contributed by atoms with van der Waals surface area (Å²) in [5.74, 6) is 1.33. The van der Waals surface area contributed by atoms with Crippen molar-refractivity contribution in [3.05, 3.63) is 45.5 Å². The van der Waals surface area contributed by atoms with Gasteiger partial charge in [0.05, 0.1) is 7.11 Å². The number of methoxy groups -OCH3 is 1. The van der Waals surface area contributed by atoms with Crippen molar-refractivity contribution < 1.29 is 23.8 Å². The molecule has 25 heavy (non-hydrogen) atoms. The van der Waals surface area contributed by atoms with Gasteiger partial charge in [0.2, 0.25) is 0 Å². The predicted octanol–water partition coefficient (Wildman–Crippen LogP) is 3.01. The molecule has 132 valence electrons. The fourth-order valence-corrected chi connectivity index (χ4v) is 3.10. The zero-order valence-electron chi connectivity index (χ0n) is 14.4. The average Bonchev–Trinajstić information content (AvgIpc) is 2.51. The Bertz CT molecular complexity index is 922. The van der Waals surface area contributed by atoms with Crippen molar-refractivity contribution in [1.29, 1.82) is 0 Å². The number of carbonyl (C=O) groups is 1. The maximum absolute atomic E-state index is 12.2. The van der Waals surface area contributed by atoms with Crippen LogP contribution in [0.3, 0.4) is 0 Å². The van der Waals surface area contributed by atoms with Crippen molar-refractivity contribution in [2.45, 2.75) is 39.2 Å². The van der Waals surface area contributed by atoms with Gasteiger partial charge in [0.25, 0.3) is 0 Å². The van der Waals surface area contributed by atoms with E-state index in [-0.39, 0.29) is 34.0 Å². The fourth-order valence-electron chi connectivity index (χ4n) is 3.10. The first-order valence-electron chi connectivity index (χ1n) is 8.12. The molecule has 1 N–H and O–H groups in total. The molecule has 6 nitrogen and oxygen atoms in total. The minimum Gasteiger partial charge on any atom is -0.507 e. The van der Waals surface area contributed by atoms with Gasteiger partial charge in [0.15, 0.2) is 11.2 Å². The Morgan fingerprint density at radius 2 is 2.04 bits per heavy atom. The van der Waals surface area contributed by atoms with Crippen LogP contribution < -0.4 is 10.2 Å². The molecule has 1 aliphatic rings. The summed E-state index contributed by atoms with van der Waals surface area (Å²) < 4.78 is 16.5. The molecule has 0 aliphatic carbocycles. The lowest BCUT2D eigenvalue weighted by Crippen LogP contribution is -2.19. The third kappa shape index (κ3) is 3.38. The highest BCUT2D eigenvalue weighted by atomic mass is 16.5. The molecular weight excluding hydrogens is 324 g/mol. The normalized spacial score (nSPS) is 17.3. The van der Waals surface area contributed by atoms with E-state index in [1.54, 1.807) is 13.0 Å². The van der Waals surface area contributed by atoms with E-state index < -0.39 is 0 Å². The molecule has 2 aromatic rings. The standard InChI is InChI=1S/C19H20O6/c1-10-6-12(20)8-13(24-10)4-5-14-16(23-3)9-17-18(19(14)22)15(21)7-11(2)25-17/h7-10,22H,4-6H2,1-3H3. The molecule has 0 saturated heterocycles. The molecule has 0 saturated carbocycles. The quantitative estimate of drug-likeness (QED) is 0.917. The number of hydrogen-bond donors (Lipinski definition) is 1. The molecule has 1 aromatic heterocycles. The van der Waals surface area contributed by atoms with Crippen molar-refractivity contribution in [3.63, 3.8) is 0 Å². The second-order valence-electron chi connectivity index (χ2n) is 6.21. The first-order chi connectivity index (χ1) is 11.9. The zero-order chi connectivity index (χ0) is 18.1. The number of allylic oxidation sites excluding steroid dienone is 2. The lowest BCUT2D eigenvalue weighted by molar-refractivity contribution is -0.118. The van der Waals surface area contributed by atoms with Crippen LogP contribution in [0.2, 0.25) is 0 Å². The van der Waals surface area contributed by atoms with Crippen molar-refractivity contribution in [2.24, 2.45) is 0 Å². The first kappa shape index (κ1) is 17.1. The second kappa shape index (κ2) is 6.63. The molecule has 0 amide bonds. The number of rotatable bonds is 4. The van der Waals surface area contributed by atoms with Gasteiger partial charge in [-0.15, -0.1) is 0 Å². The highest BCUT2D eigenvalue weighted by Crippen LogP contribution is 2.36. The topological polar surface area (TPSA) is 86.0 Å². The summed E-state index contributed by atoms with van der Waals surface area (Å²) in [6.45, 7) is 3.51. The summed E-state index contributed by atoms with van der Waals surface area (Å²) in [4.78, 5) is 23.9. The molecular formula is C19H20O6. The van der Waals surface area contributed by atoms with Crippen LogP contribution in [0, 0.1) is 6.92 Å². The lowest BCUT2D eigenvalue weighted by atomic mass is 10.0. The van der Waals surface area contributed by atoms with E-state index in [2.05, 4.69) is 0 Å². The minimum atomic E-state index is -0.308. The maximum atomic E-state index is 12.2. The Kier molecular flexibility index (Phi) is 4.53. The average molecular weight is 344 g/mol. The molecule has 0 radical (unpaired) electrons. The number of fused-ring (bicyclic) bond motifs is 1. The summed E-state index contributed by atoms with van der Waals surface area (Å²) in [6.07, 6.45) is 2.48. The summed E-state index contributed by atoms with van der Waals surface area (Å²) in [6, 6.07) is 2.94. The number of aromatic hydroxyl groups is 1. The molecule has 1 atom stereocenters. The number of carbonyl (C=O) groups excluding carboxylic acids is 1. The number of hydrogen-bond acceptors (Lipinski definition) is 6. The number of phenols is 1. The SMILES string of the molecule is COc1cc2oc(C)cc(=O)c2c(O)c1CCC1=CC(=O)CC(C)O1. The monoisotopic (exact) mass is 344 g/mol. The van der Waals surface area contributed by atoms with E-state index in [1.165, 1.54) is 19.3 Å². The van der Waals surface area contributed by atoms with Gasteiger partial charge in [-0.3, -0.25) is 9.59 Å². The smallest absolute Gasteiger partial charge is 0.196 e. The molecule has 0 bridgehead atoms. The molecule has 1 unspecified atom stereocenters. The van der Waals surface area contributed by atoms with Gasteiger partial charge in [-0.25, -0.2) is 0 Å². The van der Waals surface area contributed by atoms with Crippen molar-refractivity contribution in [2.75, 3.05) is 7.11 Å². The number of ketones is 1. The van der Waals surface area contributed by atoms with Crippen molar-refractivity contribution in [1.82, 2.24) is 0 Å². The maximum Gasteiger partial charge on any atom is 0.196 e. The third-order valence-corrected chi connectivity index (χ3v) is 4.18. The Morgan fingerprint density at radius 3 is 2.72 bits per heavy atom. The Labute approximate surface area is 144 Å². The highest BCUT2D eigenvalue weighted by Gasteiger charge is 2.21. The summed E-state index contributed by atoms with van der Waals surface area (Å²) >= 11 is 0. The third-order valence-electron chi connectivity index (χ3n) is 4.18. The minimum absolute atomic E-state index is 0.0274. The number of aryl methyl sites for hydroxylation is 1. The van der Waals surface area contributed by atoms with Gasteiger partial charge in [-0.1, -0.05) is 0 Å². The summed E-state index contributed by atoms with van der Waals surface area (Å²) in [7, 11) is 1.49. The summed E-state index contributed by atoms with van der Waals surface area (Å²) in [5, 5.41) is 10.7. The van der Waals surface area contributed by atoms with Gasteiger partial charge < -0.3 is 19.0 Å². The van der Waals surface area contributed by atoms with Gasteiger partial charge >= 0.3 is 0 Å². The van der Waals surface area contributed by atoms with Crippen LogP contribution in [0.4, 0.5) is 0 Å². The van der Waals surface area contributed by atoms with Crippen LogP contribution in [-0.4, -0.2) is 24.1 Å². The van der Waals surface area contributed by atoms with Crippen LogP contribution in [0.1, 0.15) is 31.1 Å².